The second kappa shape index (κ2) is 8.14. The van der Waals surface area contributed by atoms with Crippen molar-refractivity contribution in [1.29, 1.82) is 0 Å². The van der Waals surface area contributed by atoms with Crippen LogP contribution in [0.2, 0.25) is 0 Å². The highest BCUT2D eigenvalue weighted by atomic mass is 32.3. The Kier molecular flexibility index (Phi) is 6.80. The van der Waals surface area contributed by atoms with Crippen LogP contribution in [0.4, 0.5) is 0 Å². The molecule has 0 bridgehead atoms. The summed E-state index contributed by atoms with van der Waals surface area (Å²) in [4.78, 5) is 2.47. The van der Waals surface area contributed by atoms with E-state index in [1.807, 2.05) is 6.92 Å². The van der Waals surface area contributed by atoms with Crippen molar-refractivity contribution >= 4 is 19.7 Å². The summed E-state index contributed by atoms with van der Waals surface area (Å²) < 4.78 is 48.7. The fourth-order valence-electron chi connectivity index (χ4n) is 1.89. The largest absolute Gasteiger partial charge is 0.227 e. The maximum absolute atomic E-state index is 12.7. The molecule has 1 rings (SSSR count). The molecule has 0 fully saturated rings. The molecule has 0 spiro atoms. The van der Waals surface area contributed by atoms with E-state index in [4.69, 9.17) is 5.53 Å². The summed E-state index contributed by atoms with van der Waals surface area (Å²) in [5.74, 6) is -0.250. The maximum atomic E-state index is 12.7. The summed E-state index contributed by atoms with van der Waals surface area (Å²) in [7, 11) is -8.10. The van der Waals surface area contributed by atoms with Gasteiger partial charge >= 0.3 is 0 Å². The first-order valence-corrected chi connectivity index (χ1v) is 10.3. The quantitative estimate of drug-likeness (QED) is 0.403. The Morgan fingerprint density at radius 1 is 1.26 bits per heavy atom. The van der Waals surface area contributed by atoms with E-state index in [0.29, 0.717) is 12.8 Å². The lowest BCUT2D eigenvalue weighted by atomic mass is 10.4. The van der Waals surface area contributed by atoms with Gasteiger partial charge in [0.15, 0.2) is 24.3 Å². The van der Waals surface area contributed by atoms with Crippen molar-refractivity contribution in [1.82, 2.24) is 0 Å². The highest BCUT2D eigenvalue weighted by molar-refractivity contribution is 8.09. The fourth-order valence-corrected chi connectivity index (χ4v) is 6.57. The van der Waals surface area contributed by atoms with E-state index in [1.54, 1.807) is 6.07 Å². The number of sulfone groups is 2. The fraction of sp³-hybridized carbons (Fsp3) is 0.429. The van der Waals surface area contributed by atoms with Gasteiger partial charge in [0.2, 0.25) is 0 Å². The molecule has 0 saturated heterocycles. The summed E-state index contributed by atoms with van der Waals surface area (Å²) in [5, 5.41) is 3.28. The predicted octanol–water partition coefficient (Wildman–Crippen LogP) is 3.22. The molecule has 1 atom stereocenters. The molecule has 0 aliphatic rings. The number of hydrogen-bond donors (Lipinski definition) is 0. The topological polar surface area (TPSA) is 117 Å². The zero-order valence-corrected chi connectivity index (χ0v) is 14.6. The molecule has 1 unspecified atom stereocenters. The Bertz CT molecular complexity index is 809. The SMILES string of the molecule is CCCCS(=O)(=O)C(C=C(C)N=[N+]=[N-])S(=O)(=O)c1ccccc1. The van der Waals surface area contributed by atoms with E-state index in [1.165, 1.54) is 31.2 Å². The molecule has 0 amide bonds. The average Bonchev–Trinajstić information content (AvgIpc) is 2.51. The van der Waals surface area contributed by atoms with Gasteiger partial charge in [-0.1, -0.05) is 36.7 Å². The summed E-state index contributed by atoms with van der Waals surface area (Å²) in [6.07, 6.45) is 1.97. The first-order chi connectivity index (χ1) is 10.8. The highest BCUT2D eigenvalue weighted by Gasteiger charge is 2.36. The molecular weight excluding hydrogens is 338 g/mol. The Labute approximate surface area is 136 Å². The number of hydrogen-bond acceptors (Lipinski definition) is 5. The lowest BCUT2D eigenvalue weighted by Gasteiger charge is -2.15. The van der Waals surface area contributed by atoms with E-state index in [-0.39, 0.29) is 16.3 Å². The van der Waals surface area contributed by atoms with Gasteiger partial charge in [0, 0.05) is 10.6 Å². The van der Waals surface area contributed by atoms with Gasteiger partial charge in [-0.2, -0.15) is 0 Å². The van der Waals surface area contributed by atoms with Crippen LogP contribution in [0.1, 0.15) is 26.7 Å². The van der Waals surface area contributed by atoms with Gasteiger partial charge in [0.05, 0.1) is 10.6 Å². The lowest BCUT2D eigenvalue weighted by molar-refractivity contribution is 0.579. The zero-order valence-electron chi connectivity index (χ0n) is 13.0. The summed E-state index contributed by atoms with van der Waals surface area (Å²) >= 11 is 0. The van der Waals surface area contributed by atoms with Crippen LogP contribution in [0.15, 0.2) is 52.1 Å². The van der Waals surface area contributed by atoms with Crippen molar-refractivity contribution in [3.63, 3.8) is 0 Å². The van der Waals surface area contributed by atoms with Gasteiger partial charge in [-0.15, -0.1) is 0 Å². The Balaban J connectivity index is 3.47. The number of nitrogens with zero attached hydrogens (tertiary/aromatic N) is 3. The van der Waals surface area contributed by atoms with Gasteiger partial charge in [0.25, 0.3) is 0 Å². The Morgan fingerprint density at radius 3 is 2.39 bits per heavy atom. The van der Waals surface area contributed by atoms with E-state index < -0.39 is 24.3 Å². The molecule has 7 nitrogen and oxygen atoms in total. The Hall–Kier alpha value is -1.83. The third-order valence-corrected chi connectivity index (χ3v) is 8.11. The molecule has 0 heterocycles. The summed E-state index contributed by atoms with van der Waals surface area (Å²) in [6, 6.07) is 7.36. The highest BCUT2D eigenvalue weighted by Crippen LogP contribution is 2.24. The monoisotopic (exact) mass is 357 g/mol. The van der Waals surface area contributed by atoms with Crippen LogP contribution in [0.25, 0.3) is 10.4 Å². The molecule has 0 aliphatic heterocycles. The molecule has 23 heavy (non-hydrogen) atoms. The maximum Gasteiger partial charge on any atom is 0.199 e. The molecular formula is C14H19N3O4S2. The van der Waals surface area contributed by atoms with Crippen molar-refractivity contribution in [3.8, 4) is 0 Å². The summed E-state index contributed by atoms with van der Waals surface area (Å²) in [6.45, 7) is 3.18. The Morgan fingerprint density at radius 2 is 1.87 bits per heavy atom. The van der Waals surface area contributed by atoms with Crippen LogP contribution in [0.5, 0.6) is 0 Å². The standard InChI is InChI=1S/C14H19N3O4S2/c1-3-4-10-22(18,19)14(11-12(2)16-17-15)23(20,21)13-8-6-5-7-9-13/h5-9,11,14H,3-4,10H2,1-2H3. The second-order valence-corrected chi connectivity index (χ2v) is 9.55. The number of unbranched alkanes of at least 4 members (excludes halogenated alkanes) is 1. The molecule has 0 aromatic heterocycles. The number of azide groups is 1. The van der Waals surface area contributed by atoms with Crippen LogP contribution in [-0.4, -0.2) is 27.2 Å². The van der Waals surface area contributed by atoms with Gasteiger partial charge in [-0.05, 0) is 37.1 Å². The first-order valence-electron chi connectivity index (χ1n) is 6.99. The van der Waals surface area contributed by atoms with Crippen molar-refractivity contribution in [2.24, 2.45) is 5.11 Å². The predicted molar refractivity (Wildman–Crippen MR) is 89.0 cm³/mol. The minimum absolute atomic E-state index is 0.00270. The van der Waals surface area contributed by atoms with E-state index in [9.17, 15) is 16.8 Å². The van der Waals surface area contributed by atoms with Crippen LogP contribution < -0.4 is 0 Å². The molecule has 126 valence electrons. The van der Waals surface area contributed by atoms with Crippen molar-refractivity contribution in [3.05, 3.63) is 52.5 Å². The molecule has 1 aromatic rings. The lowest BCUT2D eigenvalue weighted by Crippen LogP contribution is -2.31. The number of rotatable bonds is 8. The average molecular weight is 357 g/mol. The molecule has 0 saturated carbocycles. The smallest absolute Gasteiger partial charge is 0.199 e. The molecule has 9 heteroatoms. The van der Waals surface area contributed by atoms with Crippen molar-refractivity contribution < 1.29 is 16.8 Å². The van der Waals surface area contributed by atoms with Gasteiger partial charge in [-0.3, -0.25) is 0 Å². The van der Waals surface area contributed by atoms with Crippen LogP contribution in [0, 0.1) is 0 Å². The van der Waals surface area contributed by atoms with Crippen molar-refractivity contribution in [2.75, 3.05) is 5.75 Å². The molecule has 0 aliphatic carbocycles. The van der Waals surface area contributed by atoms with E-state index in [2.05, 4.69) is 10.0 Å². The minimum atomic E-state index is -4.15. The van der Waals surface area contributed by atoms with Crippen molar-refractivity contribution in [2.45, 2.75) is 36.2 Å². The number of allylic oxidation sites excluding steroid dienone is 1. The molecule has 0 N–H and O–H groups in total. The third kappa shape index (κ3) is 5.09. The van der Waals surface area contributed by atoms with Crippen LogP contribution in [-0.2, 0) is 19.7 Å². The van der Waals surface area contributed by atoms with E-state index in [0.717, 1.165) is 6.08 Å². The van der Waals surface area contributed by atoms with Gasteiger partial charge < -0.3 is 0 Å². The molecule has 1 aromatic carbocycles. The zero-order chi connectivity index (χ0) is 17.5. The van der Waals surface area contributed by atoms with Gasteiger partial charge in [-0.25, -0.2) is 16.8 Å². The third-order valence-electron chi connectivity index (χ3n) is 3.09. The first kappa shape index (κ1) is 19.2. The van der Waals surface area contributed by atoms with Crippen LogP contribution in [0.3, 0.4) is 0 Å². The number of benzene rings is 1. The normalized spacial score (nSPS) is 14.1. The van der Waals surface area contributed by atoms with Crippen LogP contribution >= 0.6 is 0 Å². The summed E-state index contributed by atoms with van der Waals surface area (Å²) in [5.41, 5.74) is 8.43. The van der Waals surface area contributed by atoms with E-state index >= 15 is 0 Å². The van der Waals surface area contributed by atoms with Gasteiger partial charge in [0.1, 0.15) is 0 Å². The molecule has 0 radical (unpaired) electrons. The minimum Gasteiger partial charge on any atom is -0.227 e. The second-order valence-electron chi connectivity index (χ2n) is 4.94.